The van der Waals surface area contributed by atoms with Crippen molar-refractivity contribution in [3.05, 3.63) is 65.7 Å². The minimum atomic E-state index is -0.319. The third-order valence-electron chi connectivity index (χ3n) is 3.92. The number of amides is 1. The maximum Gasteiger partial charge on any atom is 0.235 e. The van der Waals surface area contributed by atoms with E-state index in [1.54, 1.807) is 0 Å². The fourth-order valence-corrected chi connectivity index (χ4v) is 3.02. The summed E-state index contributed by atoms with van der Waals surface area (Å²) in [5.41, 5.74) is 2.80. The SMILES string of the molecule is O=C(Nc1ccccc1CBr)C1(c2ccccc2)CC1. The molecular weight excluding hydrogens is 314 g/mol. The smallest absolute Gasteiger partial charge is 0.235 e. The normalized spacial score (nSPS) is 15.7. The number of rotatable bonds is 4. The van der Waals surface area contributed by atoms with Crippen molar-refractivity contribution >= 4 is 27.5 Å². The first-order valence-corrected chi connectivity index (χ1v) is 7.89. The molecule has 1 aliphatic carbocycles. The van der Waals surface area contributed by atoms with Crippen molar-refractivity contribution in [3.63, 3.8) is 0 Å². The fourth-order valence-electron chi connectivity index (χ4n) is 2.53. The Balaban J connectivity index is 1.84. The maximum absolute atomic E-state index is 12.6. The van der Waals surface area contributed by atoms with Crippen molar-refractivity contribution in [2.24, 2.45) is 0 Å². The number of nitrogens with one attached hydrogen (secondary N) is 1. The van der Waals surface area contributed by atoms with Gasteiger partial charge in [0.15, 0.2) is 0 Å². The highest BCUT2D eigenvalue weighted by Gasteiger charge is 2.51. The van der Waals surface area contributed by atoms with E-state index in [0.29, 0.717) is 0 Å². The van der Waals surface area contributed by atoms with Crippen LogP contribution < -0.4 is 5.32 Å². The van der Waals surface area contributed by atoms with Crippen LogP contribution in [0.5, 0.6) is 0 Å². The van der Waals surface area contributed by atoms with Gasteiger partial charge in [-0.05, 0) is 30.0 Å². The zero-order valence-corrected chi connectivity index (χ0v) is 12.7. The Morgan fingerprint density at radius 3 is 2.35 bits per heavy atom. The summed E-state index contributed by atoms with van der Waals surface area (Å²) < 4.78 is 0. The molecule has 3 rings (SSSR count). The molecule has 1 amide bonds. The molecule has 1 fully saturated rings. The van der Waals surface area contributed by atoms with Crippen molar-refractivity contribution < 1.29 is 4.79 Å². The summed E-state index contributed by atoms with van der Waals surface area (Å²) >= 11 is 3.46. The monoisotopic (exact) mass is 329 g/mol. The van der Waals surface area contributed by atoms with Crippen LogP contribution in [0.3, 0.4) is 0 Å². The van der Waals surface area contributed by atoms with Crippen molar-refractivity contribution in [3.8, 4) is 0 Å². The van der Waals surface area contributed by atoms with Crippen molar-refractivity contribution in [2.45, 2.75) is 23.6 Å². The third-order valence-corrected chi connectivity index (χ3v) is 4.52. The van der Waals surface area contributed by atoms with Crippen molar-refractivity contribution in [1.29, 1.82) is 0 Å². The topological polar surface area (TPSA) is 29.1 Å². The van der Waals surface area contributed by atoms with Crippen LogP contribution in [-0.4, -0.2) is 5.91 Å². The number of halogens is 1. The molecule has 20 heavy (non-hydrogen) atoms. The van der Waals surface area contributed by atoms with Gasteiger partial charge >= 0.3 is 0 Å². The number of para-hydroxylation sites is 1. The Bertz CT molecular complexity index is 620. The molecule has 2 aromatic carbocycles. The fraction of sp³-hybridized carbons (Fsp3) is 0.235. The molecule has 1 N–H and O–H groups in total. The second-order valence-corrected chi connectivity index (χ2v) is 5.75. The van der Waals surface area contributed by atoms with Crippen LogP contribution in [0.25, 0.3) is 0 Å². The largest absolute Gasteiger partial charge is 0.325 e. The molecule has 1 saturated carbocycles. The summed E-state index contributed by atoms with van der Waals surface area (Å²) in [6, 6.07) is 18.0. The second-order valence-electron chi connectivity index (χ2n) is 5.19. The van der Waals surface area contributed by atoms with Crippen LogP contribution in [0, 0.1) is 0 Å². The standard InChI is InChI=1S/C17H16BrNO/c18-12-13-6-4-5-9-15(13)19-16(20)17(10-11-17)14-7-2-1-3-8-14/h1-9H,10-12H2,(H,19,20). The van der Waals surface area contributed by atoms with Crippen LogP contribution >= 0.6 is 15.9 Å². The summed E-state index contributed by atoms with van der Waals surface area (Å²) in [4.78, 5) is 12.6. The molecule has 1 aliphatic rings. The number of hydrogen-bond acceptors (Lipinski definition) is 1. The highest BCUT2D eigenvalue weighted by Crippen LogP contribution is 2.49. The number of hydrogen-bond donors (Lipinski definition) is 1. The molecule has 102 valence electrons. The Kier molecular flexibility index (Phi) is 3.62. The first kappa shape index (κ1) is 13.4. The van der Waals surface area contributed by atoms with E-state index in [9.17, 15) is 4.79 Å². The van der Waals surface area contributed by atoms with Gasteiger partial charge in [-0.25, -0.2) is 0 Å². The number of carbonyl (C=O) groups excluding carboxylic acids is 1. The first-order chi connectivity index (χ1) is 9.76. The molecule has 0 unspecified atom stereocenters. The lowest BCUT2D eigenvalue weighted by molar-refractivity contribution is -0.118. The minimum absolute atomic E-state index is 0.108. The van der Waals surface area contributed by atoms with E-state index in [-0.39, 0.29) is 11.3 Å². The Labute approximate surface area is 127 Å². The van der Waals surface area contributed by atoms with Gasteiger partial charge in [0.1, 0.15) is 0 Å². The lowest BCUT2D eigenvalue weighted by Gasteiger charge is -2.17. The van der Waals surface area contributed by atoms with Crippen LogP contribution in [-0.2, 0) is 15.5 Å². The van der Waals surface area contributed by atoms with Gasteiger partial charge in [0.05, 0.1) is 5.41 Å². The summed E-state index contributed by atoms with van der Waals surface area (Å²) in [7, 11) is 0. The second kappa shape index (κ2) is 5.41. The minimum Gasteiger partial charge on any atom is -0.325 e. The highest BCUT2D eigenvalue weighted by atomic mass is 79.9. The lowest BCUT2D eigenvalue weighted by Crippen LogP contribution is -2.28. The van der Waals surface area contributed by atoms with Crippen LogP contribution in [0.2, 0.25) is 0 Å². The zero-order valence-electron chi connectivity index (χ0n) is 11.1. The van der Waals surface area contributed by atoms with Gasteiger partial charge in [0, 0.05) is 11.0 Å². The Morgan fingerprint density at radius 1 is 1.05 bits per heavy atom. The Morgan fingerprint density at radius 2 is 1.70 bits per heavy atom. The number of carbonyl (C=O) groups is 1. The van der Waals surface area contributed by atoms with E-state index in [2.05, 4.69) is 21.2 Å². The molecule has 0 saturated heterocycles. The number of anilines is 1. The van der Waals surface area contributed by atoms with Gasteiger partial charge in [-0.1, -0.05) is 64.5 Å². The summed E-state index contributed by atoms with van der Waals surface area (Å²) in [5, 5.41) is 3.83. The molecule has 2 nitrogen and oxygen atoms in total. The van der Waals surface area contributed by atoms with Gasteiger partial charge < -0.3 is 5.32 Å². The first-order valence-electron chi connectivity index (χ1n) is 6.77. The highest BCUT2D eigenvalue weighted by molar-refractivity contribution is 9.08. The zero-order chi connectivity index (χ0) is 14.0. The predicted octanol–water partition coefficient (Wildman–Crippen LogP) is 4.25. The lowest BCUT2D eigenvalue weighted by atomic mass is 9.95. The number of alkyl halides is 1. The van der Waals surface area contributed by atoms with Gasteiger partial charge in [-0.3, -0.25) is 4.79 Å². The van der Waals surface area contributed by atoms with E-state index >= 15 is 0 Å². The summed E-state index contributed by atoms with van der Waals surface area (Å²) in [6.45, 7) is 0. The average molecular weight is 330 g/mol. The maximum atomic E-state index is 12.6. The number of benzene rings is 2. The van der Waals surface area contributed by atoms with Crippen molar-refractivity contribution in [1.82, 2.24) is 0 Å². The molecule has 0 bridgehead atoms. The molecule has 3 heteroatoms. The molecule has 0 radical (unpaired) electrons. The third kappa shape index (κ3) is 2.38. The van der Waals surface area contributed by atoms with Gasteiger partial charge in [0.25, 0.3) is 0 Å². The molecule has 0 spiro atoms. The molecule has 0 heterocycles. The van der Waals surface area contributed by atoms with Gasteiger partial charge in [0.2, 0.25) is 5.91 Å². The van der Waals surface area contributed by atoms with E-state index in [4.69, 9.17) is 0 Å². The molecular formula is C17H16BrNO. The van der Waals surface area contributed by atoms with E-state index in [1.807, 2.05) is 54.6 Å². The molecule has 2 aromatic rings. The van der Waals surface area contributed by atoms with Crippen LogP contribution in [0.4, 0.5) is 5.69 Å². The summed E-state index contributed by atoms with van der Waals surface area (Å²) in [5.74, 6) is 0.108. The quantitative estimate of drug-likeness (QED) is 0.834. The average Bonchev–Trinajstić information content (AvgIpc) is 3.30. The molecule has 0 aliphatic heterocycles. The molecule has 0 atom stereocenters. The van der Waals surface area contributed by atoms with E-state index in [0.717, 1.165) is 35.0 Å². The van der Waals surface area contributed by atoms with Crippen LogP contribution in [0.1, 0.15) is 24.0 Å². The van der Waals surface area contributed by atoms with Crippen molar-refractivity contribution in [2.75, 3.05) is 5.32 Å². The van der Waals surface area contributed by atoms with E-state index in [1.165, 1.54) is 0 Å². The van der Waals surface area contributed by atoms with Gasteiger partial charge in [-0.2, -0.15) is 0 Å². The van der Waals surface area contributed by atoms with E-state index < -0.39 is 0 Å². The molecule has 0 aromatic heterocycles. The Hall–Kier alpha value is -1.61. The van der Waals surface area contributed by atoms with Crippen LogP contribution in [0.15, 0.2) is 54.6 Å². The summed E-state index contributed by atoms with van der Waals surface area (Å²) in [6.07, 6.45) is 1.86. The van der Waals surface area contributed by atoms with Gasteiger partial charge in [-0.15, -0.1) is 0 Å². The predicted molar refractivity (Wildman–Crippen MR) is 85.1 cm³/mol.